The third-order valence-corrected chi connectivity index (χ3v) is 1.34. The van der Waals surface area contributed by atoms with Gasteiger partial charge in [0.2, 0.25) is 5.91 Å². The molecule has 1 atom stereocenters. The topological polar surface area (TPSA) is 81.1 Å². The van der Waals surface area contributed by atoms with Crippen molar-refractivity contribution < 1.29 is 4.79 Å². The normalized spacial score (nSPS) is 10.7. The van der Waals surface area contributed by atoms with Gasteiger partial charge in [-0.3, -0.25) is 4.79 Å². The van der Waals surface area contributed by atoms with E-state index in [1.54, 1.807) is 6.92 Å². The van der Waals surface area contributed by atoms with Crippen LogP contribution in [0.2, 0.25) is 0 Å². The number of nitrogens with one attached hydrogen (secondary N) is 1. The zero-order valence-electron chi connectivity index (χ0n) is 7.79. The van der Waals surface area contributed by atoms with E-state index >= 15 is 0 Å². The summed E-state index contributed by atoms with van der Waals surface area (Å²) < 4.78 is 0. The van der Waals surface area contributed by atoms with E-state index in [0.717, 1.165) is 12.8 Å². The monoisotopic (exact) mass is 231 g/mol. The molecule has 0 radical (unpaired) electrons. The minimum absolute atomic E-state index is 0. The van der Waals surface area contributed by atoms with Gasteiger partial charge in [-0.05, 0) is 26.3 Å². The van der Waals surface area contributed by atoms with Crippen LogP contribution >= 0.6 is 24.8 Å². The third kappa shape index (κ3) is 12.0. The fourth-order valence-electron chi connectivity index (χ4n) is 0.642. The second kappa shape index (κ2) is 12.0. The predicted octanol–water partition coefficient (Wildman–Crippen LogP) is 0.0323. The van der Waals surface area contributed by atoms with E-state index in [-0.39, 0.29) is 30.7 Å². The molecular weight excluding hydrogens is 213 g/mol. The van der Waals surface area contributed by atoms with Gasteiger partial charge in [-0.2, -0.15) is 0 Å². The molecule has 4 nitrogen and oxygen atoms in total. The van der Waals surface area contributed by atoms with Crippen molar-refractivity contribution in [2.75, 3.05) is 13.1 Å². The largest absolute Gasteiger partial charge is 0.355 e. The molecule has 6 heteroatoms. The number of unbranched alkanes of at least 4 members (excludes halogenated alkanes) is 1. The van der Waals surface area contributed by atoms with Crippen molar-refractivity contribution in [3.8, 4) is 0 Å². The molecule has 0 aliphatic heterocycles. The number of halogens is 2. The molecule has 0 aliphatic carbocycles. The first-order chi connectivity index (χ1) is 5.18. The van der Waals surface area contributed by atoms with Crippen LogP contribution in [0.4, 0.5) is 0 Å². The smallest absolute Gasteiger partial charge is 0.236 e. The van der Waals surface area contributed by atoms with E-state index in [2.05, 4.69) is 5.32 Å². The Morgan fingerprint density at radius 1 is 1.38 bits per heavy atom. The molecule has 0 aromatic heterocycles. The summed E-state index contributed by atoms with van der Waals surface area (Å²) in [5.74, 6) is -0.0954. The van der Waals surface area contributed by atoms with E-state index in [0.29, 0.717) is 13.1 Å². The third-order valence-electron chi connectivity index (χ3n) is 1.34. The second-order valence-electron chi connectivity index (χ2n) is 2.58. The lowest BCUT2D eigenvalue weighted by Crippen LogP contribution is -2.38. The minimum Gasteiger partial charge on any atom is -0.355 e. The Balaban J connectivity index is -0.000000500. The van der Waals surface area contributed by atoms with E-state index in [4.69, 9.17) is 11.5 Å². The molecule has 0 unspecified atom stereocenters. The van der Waals surface area contributed by atoms with Gasteiger partial charge in [-0.25, -0.2) is 0 Å². The van der Waals surface area contributed by atoms with Gasteiger partial charge in [0.15, 0.2) is 0 Å². The Labute approximate surface area is 91.6 Å². The Morgan fingerprint density at radius 3 is 2.31 bits per heavy atom. The lowest BCUT2D eigenvalue weighted by Gasteiger charge is -2.06. The Bertz CT molecular complexity index is 122. The maximum Gasteiger partial charge on any atom is 0.236 e. The van der Waals surface area contributed by atoms with Gasteiger partial charge >= 0.3 is 0 Å². The molecule has 13 heavy (non-hydrogen) atoms. The second-order valence-corrected chi connectivity index (χ2v) is 2.58. The maximum absolute atomic E-state index is 10.8. The first-order valence-corrected chi connectivity index (χ1v) is 3.92. The fraction of sp³-hybridized carbons (Fsp3) is 0.857. The summed E-state index contributed by atoms with van der Waals surface area (Å²) in [6.07, 6.45) is 1.87. The maximum atomic E-state index is 10.8. The van der Waals surface area contributed by atoms with Gasteiger partial charge in [0.25, 0.3) is 0 Å². The minimum atomic E-state index is -0.409. The molecule has 0 fully saturated rings. The van der Waals surface area contributed by atoms with E-state index < -0.39 is 6.04 Å². The first kappa shape index (κ1) is 18.7. The summed E-state index contributed by atoms with van der Waals surface area (Å²) in [5, 5.41) is 2.70. The van der Waals surface area contributed by atoms with Crippen LogP contribution in [0.5, 0.6) is 0 Å². The van der Waals surface area contributed by atoms with Gasteiger partial charge in [-0.1, -0.05) is 0 Å². The lowest BCUT2D eigenvalue weighted by atomic mass is 10.3. The molecule has 0 saturated heterocycles. The van der Waals surface area contributed by atoms with E-state index in [1.165, 1.54) is 0 Å². The Morgan fingerprint density at radius 2 is 1.92 bits per heavy atom. The standard InChI is InChI=1S/C7H17N3O.2ClH/c1-6(9)7(11)10-5-3-2-4-8;;/h6H,2-5,8-9H2,1H3,(H,10,11);2*1H/t6-;;/m1../s1. The molecule has 0 heterocycles. The molecule has 0 aliphatic rings. The highest BCUT2D eigenvalue weighted by molar-refractivity contribution is 5.85. The van der Waals surface area contributed by atoms with Crippen LogP contribution < -0.4 is 16.8 Å². The number of hydrogen-bond donors (Lipinski definition) is 3. The van der Waals surface area contributed by atoms with Crippen LogP contribution in [0.1, 0.15) is 19.8 Å². The number of hydrogen-bond acceptors (Lipinski definition) is 3. The summed E-state index contributed by atoms with van der Waals surface area (Å²) in [6, 6.07) is -0.409. The number of rotatable bonds is 5. The lowest BCUT2D eigenvalue weighted by molar-refractivity contribution is -0.121. The van der Waals surface area contributed by atoms with Crippen LogP contribution in [0.3, 0.4) is 0 Å². The van der Waals surface area contributed by atoms with Gasteiger partial charge in [0.1, 0.15) is 0 Å². The average molecular weight is 232 g/mol. The van der Waals surface area contributed by atoms with Gasteiger partial charge in [0, 0.05) is 6.54 Å². The highest BCUT2D eigenvalue weighted by Crippen LogP contribution is 1.83. The molecular formula is C7H19Cl2N3O. The predicted molar refractivity (Wildman–Crippen MR) is 59.4 cm³/mol. The molecule has 0 bridgehead atoms. The van der Waals surface area contributed by atoms with Crippen LogP contribution in [0, 0.1) is 0 Å². The molecule has 82 valence electrons. The van der Waals surface area contributed by atoms with Crippen molar-refractivity contribution >= 4 is 30.7 Å². The van der Waals surface area contributed by atoms with Gasteiger partial charge in [0.05, 0.1) is 6.04 Å². The van der Waals surface area contributed by atoms with Crippen LogP contribution in [-0.2, 0) is 4.79 Å². The quantitative estimate of drug-likeness (QED) is 0.585. The van der Waals surface area contributed by atoms with Crippen LogP contribution in [0.25, 0.3) is 0 Å². The van der Waals surface area contributed by atoms with E-state index in [9.17, 15) is 4.79 Å². The van der Waals surface area contributed by atoms with Crippen molar-refractivity contribution in [1.29, 1.82) is 0 Å². The fourth-order valence-corrected chi connectivity index (χ4v) is 0.642. The molecule has 0 aromatic rings. The van der Waals surface area contributed by atoms with Crippen molar-refractivity contribution in [2.45, 2.75) is 25.8 Å². The molecule has 0 rings (SSSR count). The first-order valence-electron chi connectivity index (χ1n) is 3.92. The van der Waals surface area contributed by atoms with Crippen molar-refractivity contribution in [3.63, 3.8) is 0 Å². The van der Waals surface area contributed by atoms with Crippen LogP contribution in [0.15, 0.2) is 0 Å². The molecule has 5 N–H and O–H groups in total. The van der Waals surface area contributed by atoms with Crippen molar-refractivity contribution in [2.24, 2.45) is 11.5 Å². The molecule has 1 amide bonds. The molecule has 0 spiro atoms. The van der Waals surface area contributed by atoms with Crippen molar-refractivity contribution in [1.82, 2.24) is 5.32 Å². The summed E-state index contributed by atoms with van der Waals surface area (Å²) in [7, 11) is 0. The summed E-state index contributed by atoms with van der Waals surface area (Å²) in [5.41, 5.74) is 10.6. The number of carbonyl (C=O) groups is 1. The van der Waals surface area contributed by atoms with Gasteiger partial charge in [-0.15, -0.1) is 24.8 Å². The zero-order valence-corrected chi connectivity index (χ0v) is 9.42. The zero-order chi connectivity index (χ0) is 8.69. The Kier molecular flexibility index (Phi) is 17.2. The van der Waals surface area contributed by atoms with Gasteiger partial charge < -0.3 is 16.8 Å². The molecule has 0 saturated carbocycles. The van der Waals surface area contributed by atoms with Crippen molar-refractivity contribution in [3.05, 3.63) is 0 Å². The highest BCUT2D eigenvalue weighted by atomic mass is 35.5. The summed E-state index contributed by atoms with van der Waals surface area (Å²) in [6.45, 7) is 3.02. The average Bonchev–Trinajstić information content (AvgIpc) is 1.97. The number of carbonyl (C=O) groups excluding carboxylic acids is 1. The molecule has 0 aromatic carbocycles. The highest BCUT2D eigenvalue weighted by Gasteiger charge is 2.04. The SMILES string of the molecule is C[C@@H](N)C(=O)NCCCCN.Cl.Cl. The summed E-state index contributed by atoms with van der Waals surface area (Å²) >= 11 is 0. The van der Waals surface area contributed by atoms with E-state index in [1.807, 2.05) is 0 Å². The Hall–Kier alpha value is -0.0300. The van der Waals surface area contributed by atoms with Crippen LogP contribution in [-0.4, -0.2) is 25.0 Å². The number of amides is 1. The number of nitrogens with two attached hydrogens (primary N) is 2. The summed E-state index contributed by atoms with van der Waals surface area (Å²) in [4.78, 5) is 10.8.